The molecule has 1 aromatic heterocycles. The fourth-order valence-electron chi connectivity index (χ4n) is 7.22. The van der Waals surface area contributed by atoms with Gasteiger partial charge in [0.05, 0.1) is 11.0 Å². The van der Waals surface area contributed by atoms with Crippen molar-refractivity contribution in [1.82, 2.24) is 14.5 Å². The normalized spacial score (nSPS) is 26.5. The maximum absolute atomic E-state index is 13.2. The van der Waals surface area contributed by atoms with Gasteiger partial charge in [0.15, 0.2) is 0 Å². The number of aromatic nitrogens is 2. The van der Waals surface area contributed by atoms with Crippen molar-refractivity contribution >= 4 is 17.0 Å². The van der Waals surface area contributed by atoms with Gasteiger partial charge < -0.3 is 9.67 Å². The maximum atomic E-state index is 13.2. The lowest BCUT2D eigenvalue weighted by Crippen LogP contribution is -2.50. The molecular weight excluding hydrogens is 414 g/mol. The Morgan fingerprint density at radius 3 is 2.42 bits per heavy atom. The highest BCUT2D eigenvalue weighted by molar-refractivity contribution is 5.88. The molecule has 0 radical (unpaired) electrons. The number of likely N-dealkylation sites (tertiary alicyclic amines) is 1. The number of hydrogen-bond acceptors (Lipinski definition) is 4. The second-order valence-electron chi connectivity index (χ2n) is 12.1. The number of carboxylic acid groups (broad SMARTS) is 1. The number of nitrogens with zero attached hydrogens (tertiary/aromatic N) is 3. The summed E-state index contributed by atoms with van der Waals surface area (Å²) in [7, 11) is 0. The number of aromatic carboxylic acids is 1. The molecule has 6 heteroatoms. The van der Waals surface area contributed by atoms with Gasteiger partial charge >= 0.3 is 5.97 Å². The Hall–Kier alpha value is -2.21. The highest BCUT2D eigenvalue weighted by atomic mass is 16.4. The minimum atomic E-state index is -1.27. The first-order chi connectivity index (χ1) is 15.4. The molecule has 180 valence electrons. The van der Waals surface area contributed by atoms with Crippen molar-refractivity contribution in [3.8, 4) is 0 Å². The third-order valence-corrected chi connectivity index (χ3v) is 7.85. The standard InChI is InChI=1S/C27H39N3O3/c1-17-11-12-19(29(17)20-14-26(3,4)16-27(5,6)15-20)13-18(2)30-22-10-8-7-9-21(22)28-23(24(30)31)25(32)33/h7-10,17-20H,11-16H2,1-6H3,(H,32,33)/t17-,18-,19-/m0/s1. The van der Waals surface area contributed by atoms with Crippen molar-refractivity contribution in [2.75, 3.05) is 0 Å². The summed E-state index contributed by atoms with van der Waals surface area (Å²) >= 11 is 0. The fraction of sp³-hybridized carbons (Fsp3) is 0.667. The van der Waals surface area contributed by atoms with Crippen LogP contribution in [0.25, 0.3) is 11.0 Å². The van der Waals surface area contributed by atoms with Gasteiger partial charge in [-0.25, -0.2) is 9.78 Å². The van der Waals surface area contributed by atoms with Crippen LogP contribution in [0.3, 0.4) is 0 Å². The average molecular weight is 454 g/mol. The Labute approximate surface area is 197 Å². The van der Waals surface area contributed by atoms with Crippen molar-refractivity contribution < 1.29 is 9.90 Å². The van der Waals surface area contributed by atoms with Crippen LogP contribution in [0.4, 0.5) is 0 Å². The molecule has 0 unspecified atom stereocenters. The molecule has 6 nitrogen and oxygen atoms in total. The lowest BCUT2D eigenvalue weighted by molar-refractivity contribution is 0.000602. The predicted octanol–water partition coefficient (Wildman–Crippen LogP) is 5.50. The van der Waals surface area contributed by atoms with Crippen LogP contribution < -0.4 is 5.56 Å². The maximum Gasteiger partial charge on any atom is 0.360 e. The topological polar surface area (TPSA) is 75.4 Å². The molecule has 2 aliphatic rings. The fourth-order valence-corrected chi connectivity index (χ4v) is 7.22. The van der Waals surface area contributed by atoms with Crippen LogP contribution in [0, 0.1) is 10.8 Å². The monoisotopic (exact) mass is 453 g/mol. The summed E-state index contributed by atoms with van der Waals surface area (Å²) in [5, 5.41) is 9.58. The number of carbonyl (C=O) groups is 1. The quantitative estimate of drug-likeness (QED) is 0.647. The zero-order valence-corrected chi connectivity index (χ0v) is 21.0. The Morgan fingerprint density at radius 2 is 1.79 bits per heavy atom. The van der Waals surface area contributed by atoms with Crippen molar-refractivity contribution in [3.05, 3.63) is 40.3 Å². The SMILES string of the molecule is C[C@H]1CC[C@@H](C[C@H](C)n2c(=O)c(C(=O)O)nc3ccccc32)N1C1CC(C)(C)CC(C)(C)C1. The van der Waals surface area contributed by atoms with Crippen LogP contribution in [0.1, 0.15) is 96.6 Å². The Morgan fingerprint density at radius 1 is 1.15 bits per heavy atom. The van der Waals surface area contributed by atoms with Crippen molar-refractivity contribution in [2.24, 2.45) is 10.8 Å². The van der Waals surface area contributed by atoms with Gasteiger partial charge in [0.2, 0.25) is 5.69 Å². The second kappa shape index (κ2) is 8.53. The third kappa shape index (κ3) is 4.72. The predicted molar refractivity (Wildman–Crippen MR) is 132 cm³/mol. The summed E-state index contributed by atoms with van der Waals surface area (Å²) in [4.78, 5) is 31.8. The molecule has 1 saturated carbocycles. The zero-order valence-electron chi connectivity index (χ0n) is 21.0. The lowest BCUT2D eigenvalue weighted by Gasteiger charge is -2.50. The van der Waals surface area contributed by atoms with Gasteiger partial charge in [0, 0.05) is 24.2 Å². The van der Waals surface area contributed by atoms with Crippen molar-refractivity contribution in [1.29, 1.82) is 0 Å². The van der Waals surface area contributed by atoms with E-state index in [9.17, 15) is 14.7 Å². The number of benzene rings is 1. The molecule has 2 heterocycles. The summed E-state index contributed by atoms with van der Waals surface area (Å²) in [6, 6.07) is 8.68. The van der Waals surface area contributed by atoms with E-state index in [1.54, 1.807) is 10.6 Å². The van der Waals surface area contributed by atoms with Gasteiger partial charge in [-0.3, -0.25) is 9.69 Å². The molecule has 1 aromatic carbocycles. The first kappa shape index (κ1) is 23.9. The van der Waals surface area contributed by atoms with Crippen LogP contribution in [-0.4, -0.2) is 43.7 Å². The van der Waals surface area contributed by atoms with Crippen LogP contribution in [-0.2, 0) is 0 Å². The van der Waals surface area contributed by atoms with E-state index in [1.807, 2.05) is 18.2 Å². The molecule has 1 aliphatic heterocycles. The van der Waals surface area contributed by atoms with Crippen LogP contribution in [0.2, 0.25) is 0 Å². The number of hydrogen-bond donors (Lipinski definition) is 1. The average Bonchev–Trinajstić information content (AvgIpc) is 3.04. The van der Waals surface area contributed by atoms with Gasteiger partial charge in [0.25, 0.3) is 5.56 Å². The Bertz CT molecular complexity index is 1090. The summed E-state index contributed by atoms with van der Waals surface area (Å²) in [6.45, 7) is 14.0. The summed E-state index contributed by atoms with van der Waals surface area (Å²) < 4.78 is 1.67. The zero-order chi connectivity index (χ0) is 24.1. The van der Waals surface area contributed by atoms with E-state index < -0.39 is 17.2 Å². The van der Waals surface area contributed by atoms with E-state index in [4.69, 9.17) is 0 Å². The number of para-hydroxylation sites is 2. The van der Waals surface area contributed by atoms with Gasteiger partial charge in [-0.1, -0.05) is 39.8 Å². The minimum Gasteiger partial charge on any atom is -0.476 e. The molecule has 3 atom stereocenters. The molecule has 1 saturated heterocycles. The highest BCUT2D eigenvalue weighted by Gasteiger charge is 2.45. The number of fused-ring (bicyclic) bond motifs is 1. The first-order valence-corrected chi connectivity index (χ1v) is 12.4. The van der Waals surface area contributed by atoms with Crippen LogP contribution in [0.15, 0.2) is 29.1 Å². The van der Waals surface area contributed by atoms with E-state index in [-0.39, 0.29) is 6.04 Å². The van der Waals surface area contributed by atoms with E-state index >= 15 is 0 Å². The molecule has 4 rings (SSSR count). The van der Waals surface area contributed by atoms with Gasteiger partial charge in [-0.2, -0.15) is 0 Å². The second-order valence-corrected chi connectivity index (χ2v) is 12.1. The molecule has 2 fully saturated rings. The summed E-state index contributed by atoms with van der Waals surface area (Å²) in [6.07, 6.45) is 6.76. The van der Waals surface area contributed by atoms with Gasteiger partial charge in [-0.05, 0) is 75.3 Å². The Kier molecular flexibility index (Phi) is 6.19. The number of rotatable bonds is 5. The largest absolute Gasteiger partial charge is 0.476 e. The van der Waals surface area contributed by atoms with Crippen LogP contribution >= 0.6 is 0 Å². The minimum absolute atomic E-state index is 0.120. The smallest absolute Gasteiger partial charge is 0.360 e. The van der Waals surface area contributed by atoms with Gasteiger partial charge in [0.1, 0.15) is 0 Å². The first-order valence-electron chi connectivity index (χ1n) is 12.4. The molecule has 1 aliphatic carbocycles. The van der Waals surface area contributed by atoms with Crippen LogP contribution in [0.5, 0.6) is 0 Å². The van der Waals surface area contributed by atoms with Crippen molar-refractivity contribution in [3.63, 3.8) is 0 Å². The lowest BCUT2D eigenvalue weighted by atomic mass is 9.63. The van der Waals surface area contributed by atoms with Gasteiger partial charge in [-0.15, -0.1) is 0 Å². The molecule has 1 N–H and O–H groups in total. The molecule has 0 amide bonds. The number of carboxylic acids is 1. The van der Waals surface area contributed by atoms with E-state index in [0.717, 1.165) is 12.8 Å². The molecule has 0 spiro atoms. The summed E-state index contributed by atoms with van der Waals surface area (Å²) in [5.74, 6) is -1.27. The molecule has 2 aromatic rings. The molecular formula is C27H39N3O3. The Balaban J connectivity index is 1.66. The highest BCUT2D eigenvalue weighted by Crippen LogP contribution is 2.49. The van der Waals surface area contributed by atoms with E-state index in [2.05, 4.69) is 51.4 Å². The van der Waals surface area contributed by atoms with E-state index in [0.29, 0.717) is 40.0 Å². The third-order valence-electron chi connectivity index (χ3n) is 7.85. The molecule has 0 bridgehead atoms. The van der Waals surface area contributed by atoms with Crippen molar-refractivity contribution in [2.45, 2.75) is 104 Å². The summed E-state index contributed by atoms with van der Waals surface area (Å²) in [5.41, 5.74) is 0.990. The molecule has 33 heavy (non-hydrogen) atoms. The van der Waals surface area contributed by atoms with E-state index in [1.165, 1.54) is 25.7 Å².